The molecule has 92 valence electrons. The van der Waals surface area contributed by atoms with Crippen LogP contribution in [-0.2, 0) is 5.54 Å². The van der Waals surface area contributed by atoms with Gasteiger partial charge in [-0.1, -0.05) is 30.3 Å². The van der Waals surface area contributed by atoms with Gasteiger partial charge in [0, 0.05) is 11.8 Å². The van der Waals surface area contributed by atoms with Gasteiger partial charge < -0.3 is 4.90 Å². The third kappa shape index (κ3) is 1.38. The molecular weight excluding hydrogens is 236 g/mol. The minimum atomic E-state index is -0.418. The molecule has 3 aliphatic rings. The van der Waals surface area contributed by atoms with Crippen LogP contribution >= 0.6 is 0 Å². The van der Waals surface area contributed by atoms with Crippen LogP contribution in [0.5, 0.6) is 0 Å². The molecule has 2 heterocycles. The van der Waals surface area contributed by atoms with Crippen molar-refractivity contribution in [3.8, 4) is 0 Å². The molecule has 1 aromatic carbocycles. The van der Waals surface area contributed by atoms with E-state index in [4.69, 9.17) is 4.99 Å². The Morgan fingerprint density at radius 2 is 2.05 bits per heavy atom. The molecule has 0 saturated heterocycles. The van der Waals surface area contributed by atoms with E-state index in [0.29, 0.717) is 0 Å². The number of aliphatic imine (C=N–C) groups is 1. The van der Waals surface area contributed by atoms with Crippen LogP contribution in [-0.4, -0.2) is 23.1 Å². The number of hydrogen-bond acceptors (Lipinski definition) is 3. The lowest BCUT2D eigenvalue weighted by Gasteiger charge is -2.28. The predicted octanol–water partition coefficient (Wildman–Crippen LogP) is 2.43. The number of fused-ring (bicyclic) bond motifs is 3. The Kier molecular flexibility index (Phi) is 1.96. The summed E-state index contributed by atoms with van der Waals surface area (Å²) >= 11 is 0. The predicted molar refractivity (Wildman–Crippen MR) is 74.0 cm³/mol. The van der Waals surface area contributed by atoms with E-state index in [9.17, 15) is 4.79 Å². The highest BCUT2D eigenvalue weighted by Gasteiger charge is 2.41. The molecule has 19 heavy (non-hydrogen) atoms. The first-order valence-electron chi connectivity index (χ1n) is 6.33. The molecule has 3 nitrogen and oxygen atoms in total. The molecule has 0 fully saturated rings. The van der Waals surface area contributed by atoms with Crippen molar-refractivity contribution in [3.05, 3.63) is 72.0 Å². The van der Waals surface area contributed by atoms with Gasteiger partial charge in [0.05, 0.1) is 6.54 Å². The number of carbonyl (C=O) groups is 1. The highest BCUT2D eigenvalue weighted by atomic mass is 16.1. The number of carbonyl (C=O) groups excluding carboxylic acids is 1. The van der Waals surface area contributed by atoms with Gasteiger partial charge in [0.25, 0.3) is 0 Å². The van der Waals surface area contributed by atoms with E-state index in [1.807, 2.05) is 54.8 Å². The summed E-state index contributed by atoms with van der Waals surface area (Å²) in [5.41, 5.74) is 1.35. The smallest absolute Gasteiger partial charge is 0.185 e. The molecule has 0 radical (unpaired) electrons. The van der Waals surface area contributed by atoms with Gasteiger partial charge in [-0.15, -0.1) is 0 Å². The third-order valence-corrected chi connectivity index (χ3v) is 3.81. The molecule has 0 N–H and O–H groups in total. The van der Waals surface area contributed by atoms with E-state index >= 15 is 0 Å². The van der Waals surface area contributed by atoms with Crippen LogP contribution in [0.3, 0.4) is 0 Å². The molecule has 1 aliphatic carbocycles. The van der Waals surface area contributed by atoms with Crippen molar-refractivity contribution in [2.45, 2.75) is 5.54 Å². The second kappa shape index (κ2) is 3.54. The summed E-state index contributed by atoms with van der Waals surface area (Å²) in [7, 11) is 0. The number of rotatable bonds is 0. The van der Waals surface area contributed by atoms with Crippen LogP contribution in [0.25, 0.3) is 0 Å². The number of allylic oxidation sites excluding steroid dienone is 3. The van der Waals surface area contributed by atoms with E-state index in [1.165, 1.54) is 0 Å². The Labute approximate surface area is 111 Å². The fourth-order valence-corrected chi connectivity index (χ4v) is 2.91. The third-order valence-electron chi connectivity index (χ3n) is 3.81. The second-order valence-electron chi connectivity index (χ2n) is 4.97. The first kappa shape index (κ1) is 10.5. The molecule has 2 aliphatic heterocycles. The highest BCUT2D eigenvalue weighted by Crippen LogP contribution is 2.39. The van der Waals surface area contributed by atoms with Crippen LogP contribution in [0, 0.1) is 0 Å². The van der Waals surface area contributed by atoms with Crippen molar-refractivity contribution in [2.75, 3.05) is 6.54 Å². The number of benzene rings is 1. The Balaban J connectivity index is 1.92. The summed E-state index contributed by atoms with van der Waals surface area (Å²) in [6, 6.07) is 7.76. The van der Waals surface area contributed by atoms with Crippen molar-refractivity contribution in [3.63, 3.8) is 0 Å². The zero-order valence-corrected chi connectivity index (χ0v) is 10.3. The minimum absolute atomic E-state index is 0.0670. The summed E-state index contributed by atoms with van der Waals surface area (Å²) in [4.78, 5) is 18.9. The lowest BCUT2D eigenvalue weighted by molar-refractivity contribution is 0.104. The second-order valence-corrected chi connectivity index (χ2v) is 4.97. The zero-order chi connectivity index (χ0) is 12.9. The Morgan fingerprint density at radius 1 is 1.16 bits per heavy atom. The molecule has 3 heteroatoms. The van der Waals surface area contributed by atoms with Crippen molar-refractivity contribution in [2.24, 2.45) is 4.99 Å². The van der Waals surface area contributed by atoms with Crippen molar-refractivity contribution in [1.29, 1.82) is 0 Å². The Hall–Kier alpha value is -2.42. The van der Waals surface area contributed by atoms with Crippen LogP contribution in [0.2, 0.25) is 0 Å². The first-order chi connectivity index (χ1) is 9.28. The van der Waals surface area contributed by atoms with E-state index < -0.39 is 5.54 Å². The van der Waals surface area contributed by atoms with Crippen molar-refractivity contribution >= 4 is 11.6 Å². The van der Waals surface area contributed by atoms with Gasteiger partial charge in [0.2, 0.25) is 0 Å². The molecule has 0 saturated carbocycles. The van der Waals surface area contributed by atoms with Gasteiger partial charge in [-0.05, 0) is 29.9 Å². The maximum atomic E-state index is 12.0. The summed E-state index contributed by atoms with van der Waals surface area (Å²) in [6.45, 7) is 0.754. The van der Waals surface area contributed by atoms with E-state index in [-0.39, 0.29) is 5.78 Å². The average Bonchev–Trinajstić information content (AvgIpc) is 2.83. The molecule has 4 rings (SSSR count). The summed E-state index contributed by atoms with van der Waals surface area (Å²) < 4.78 is 0. The fourth-order valence-electron chi connectivity index (χ4n) is 2.91. The van der Waals surface area contributed by atoms with Crippen LogP contribution in [0.4, 0.5) is 0 Å². The SMILES string of the molecule is O=C1C=CC2(CN3C=CC=CC3=N2)c2ccccc21. The average molecular weight is 248 g/mol. The summed E-state index contributed by atoms with van der Waals surface area (Å²) in [5.74, 6) is 1.02. The maximum absolute atomic E-state index is 12.0. The lowest BCUT2D eigenvalue weighted by atomic mass is 9.81. The van der Waals surface area contributed by atoms with Crippen molar-refractivity contribution in [1.82, 2.24) is 4.90 Å². The standard InChI is InChI=1S/C16H12N2O/c19-14-8-9-16(13-6-2-1-5-12(13)14)11-18-10-4-3-7-15(18)17-16/h1-10H,11H2. The van der Waals surface area contributed by atoms with Gasteiger partial charge in [-0.2, -0.15) is 0 Å². The van der Waals surface area contributed by atoms with Crippen LogP contribution in [0.15, 0.2) is 65.8 Å². The van der Waals surface area contributed by atoms with Gasteiger partial charge in [0.15, 0.2) is 5.78 Å². The van der Waals surface area contributed by atoms with E-state index in [2.05, 4.69) is 4.90 Å². The number of ketones is 1. The maximum Gasteiger partial charge on any atom is 0.185 e. The molecule has 0 bridgehead atoms. The molecule has 0 aromatic heterocycles. The van der Waals surface area contributed by atoms with Gasteiger partial charge in [0.1, 0.15) is 11.4 Å². The lowest BCUT2D eigenvalue weighted by Crippen LogP contribution is -2.33. The summed E-state index contributed by atoms with van der Waals surface area (Å²) in [6.07, 6.45) is 11.6. The van der Waals surface area contributed by atoms with Crippen molar-refractivity contribution < 1.29 is 4.79 Å². The van der Waals surface area contributed by atoms with Gasteiger partial charge in [-0.25, -0.2) is 0 Å². The number of hydrogen-bond donors (Lipinski definition) is 0. The molecule has 1 aromatic rings. The van der Waals surface area contributed by atoms with Gasteiger partial charge in [-0.3, -0.25) is 9.79 Å². The van der Waals surface area contributed by atoms with Crippen LogP contribution < -0.4 is 0 Å². The zero-order valence-electron chi connectivity index (χ0n) is 10.3. The summed E-state index contributed by atoms with van der Waals surface area (Å²) in [5, 5.41) is 0. The molecule has 1 unspecified atom stereocenters. The number of nitrogens with zero attached hydrogens (tertiary/aromatic N) is 2. The molecule has 1 atom stereocenters. The quantitative estimate of drug-likeness (QED) is 0.706. The van der Waals surface area contributed by atoms with E-state index in [1.54, 1.807) is 6.08 Å². The van der Waals surface area contributed by atoms with Crippen LogP contribution in [0.1, 0.15) is 15.9 Å². The first-order valence-corrected chi connectivity index (χ1v) is 6.33. The van der Waals surface area contributed by atoms with E-state index in [0.717, 1.165) is 23.5 Å². The largest absolute Gasteiger partial charge is 0.330 e. The highest BCUT2D eigenvalue weighted by molar-refractivity contribution is 6.08. The number of amidine groups is 1. The monoisotopic (exact) mass is 248 g/mol. The normalized spacial score (nSPS) is 26.6. The minimum Gasteiger partial charge on any atom is -0.330 e. The molecule has 1 spiro atoms. The molecule has 0 amide bonds. The molecular formula is C16H12N2O. The fraction of sp³-hybridized carbons (Fsp3) is 0.125. The van der Waals surface area contributed by atoms with Gasteiger partial charge >= 0.3 is 0 Å². The topological polar surface area (TPSA) is 32.7 Å². The Morgan fingerprint density at radius 3 is 2.95 bits per heavy atom. The Bertz CT molecular complexity index is 696.